The molecule has 0 fully saturated rings. The van der Waals surface area contributed by atoms with E-state index in [0.29, 0.717) is 18.7 Å². The molecule has 1 aromatic rings. The van der Waals surface area contributed by atoms with Crippen LogP contribution in [0.3, 0.4) is 0 Å². The quantitative estimate of drug-likeness (QED) is 0.778. The van der Waals surface area contributed by atoms with Gasteiger partial charge in [-0.1, -0.05) is 20.8 Å². The van der Waals surface area contributed by atoms with Crippen LogP contribution < -0.4 is 16.6 Å². The highest BCUT2D eigenvalue weighted by Crippen LogP contribution is 2.18. The van der Waals surface area contributed by atoms with Gasteiger partial charge < -0.3 is 15.0 Å². The molecular weight excluding hydrogens is 246 g/mol. The molecule has 6 heteroatoms. The van der Waals surface area contributed by atoms with Crippen LogP contribution in [0, 0.1) is 5.41 Å². The molecule has 1 aromatic heterocycles. The summed E-state index contributed by atoms with van der Waals surface area (Å²) in [4.78, 5) is 23.4. The van der Waals surface area contributed by atoms with Gasteiger partial charge in [-0.2, -0.15) is 0 Å². The Labute approximate surface area is 112 Å². The van der Waals surface area contributed by atoms with Gasteiger partial charge in [-0.15, -0.1) is 0 Å². The Kier molecular flexibility index (Phi) is 4.70. The van der Waals surface area contributed by atoms with Crippen LogP contribution in [0.25, 0.3) is 0 Å². The zero-order chi connectivity index (χ0) is 14.8. The van der Waals surface area contributed by atoms with Crippen molar-refractivity contribution in [1.82, 2.24) is 14.5 Å². The number of nitrogens with one attached hydrogen (secondary N) is 1. The van der Waals surface area contributed by atoms with E-state index in [1.54, 1.807) is 7.05 Å². The lowest BCUT2D eigenvalue weighted by atomic mass is 9.89. The predicted molar refractivity (Wildman–Crippen MR) is 74.1 cm³/mol. The molecule has 0 aromatic carbocycles. The van der Waals surface area contributed by atoms with Gasteiger partial charge in [-0.3, -0.25) is 9.36 Å². The first-order valence-electron chi connectivity index (χ1n) is 6.29. The van der Waals surface area contributed by atoms with Crippen LogP contribution in [0.2, 0.25) is 0 Å². The fourth-order valence-corrected chi connectivity index (χ4v) is 1.65. The molecule has 0 saturated heterocycles. The third-order valence-corrected chi connectivity index (χ3v) is 3.17. The van der Waals surface area contributed by atoms with Crippen molar-refractivity contribution >= 4 is 0 Å². The number of nitrogens with zero attached hydrogens (tertiary/aromatic N) is 2. The molecule has 1 heterocycles. The summed E-state index contributed by atoms with van der Waals surface area (Å²) in [6.45, 7) is 6.57. The lowest BCUT2D eigenvalue weighted by Gasteiger charge is -2.26. The van der Waals surface area contributed by atoms with Crippen LogP contribution in [-0.4, -0.2) is 26.9 Å². The van der Waals surface area contributed by atoms with E-state index in [0.717, 1.165) is 4.57 Å². The van der Waals surface area contributed by atoms with Crippen molar-refractivity contribution in [3.63, 3.8) is 0 Å². The summed E-state index contributed by atoms with van der Waals surface area (Å²) < 4.78 is 2.45. The molecule has 0 aliphatic carbocycles. The number of aliphatic hydroxyl groups excluding tert-OH is 1. The third-order valence-electron chi connectivity index (χ3n) is 3.17. The summed E-state index contributed by atoms with van der Waals surface area (Å²) in [6.07, 6.45) is 1.03. The maximum Gasteiger partial charge on any atom is 0.330 e. The number of aliphatic hydroxyl groups is 1. The fraction of sp³-hybridized carbons (Fsp3) is 0.692. The maximum atomic E-state index is 11.9. The topological polar surface area (TPSA) is 76.3 Å². The van der Waals surface area contributed by atoms with Crippen molar-refractivity contribution in [1.29, 1.82) is 0 Å². The van der Waals surface area contributed by atoms with E-state index in [4.69, 9.17) is 0 Å². The highest BCUT2D eigenvalue weighted by Gasteiger charge is 2.21. The first kappa shape index (κ1) is 15.7. The van der Waals surface area contributed by atoms with E-state index in [1.807, 2.05) is 20.8 Å². The summed E-state index contributed by atoms with van der Waals surface area (Å²) in [5, 5.41) is 12.9. The number of hydrogen-bond donors (Lipinski definition) is 2. The molecule has 108 valence electrons. The van der Waals surface area contributed by atoms with Gasteiger partial charge in [0.05, 0.1) is 6.10 Å². The SMILES string of the molecule is Cn1cc(CNCC(O)C(C)(C)C)c(=O)n(C)c1=O. The first-order valence-corrected chi connectivity index (χ1v) is 6.29. The van der Waals surface area contributed by atoms with E-state index in [1.165, 1.54) is 17.8 Å². The van der Waals surface area contributed by atoms with Crippen molar-refractivity contribution in [2.75, 3.05) is 6.54 Å². The second-order valence-electron chi connectivity index (χ2n) is 5.92. The first-order chi connectivity index (χ1) is 8.64. The van der Waals surface area contributed by atoms with Gasteiger partial charge in [0, 0.05) is 38.9 Å². The van der Waals surface area contributed by atoms with Crippen molar-refractivity contribution in [2.24, 2.45) is 19.5 Å². The molecule has 1 rings (SSSR count). The van der Waals surface area contributed by atoms with Crippen LogP contribution in [0.15, 0.2) is 15.8 Å². The summed E-state index contributed by atoms with van der Waals surface area (Å²) in [7, 11) is 3.06. The second-order valence-corrected chi connectivity index (χ2v) is 5.92. The van der Waals surface area contributed by atoms with Crippen molar-refractivity contribution in [3.05, 3.63) is 32.6 Å². The maximum absolute atomic E-state index is 11.9. The van der Waals surface area contributed by atoms with Crippen molar-refractivity contribution in [2.45, 2.75) is 33.4 Å². The van der Waals surface area contributed by atoms with Gasteiger partial charge >= 0.3 is 5.69 Å². The Morgan fingerprint density at radius 1 is 1.32 bits per heavy atom. The van der Waals surface area contributed by atoms with Crippen LogP contribution in [0.1, 0.15) is 26.3 Å². The Hall–Kier alpha value is -1.40. The molecule has 0 aliphatic heterocycles. The molecule has 0 spiro atoms. The van der Waals surface area contributed by atoms with Gasteiger partial charge in [0.15, 0.2) is 0 Å². The van der Waals surface area contributed by atoms with E-state index < -0.39 is 6.10 Å². The minimum absolute atomic E-state index is 0.207. The Balaban J connectivity index is 2.75. The predicted octanol–water partition coefficient (Wildman–Crippen LogP) is -0.419. The summed E-state index contributed by atoms with van der Waals surface area (Å²) >= 11 is 0. The molecule has 1 unspecified atom stereocenters. The van der Waals surface area contributed by atoms with Gasteiger partial charge in [0.1, 0.15) is 0 Å². The molecular formula is C13H23N3O3. The highest BCUT2D eigenvalue weighted by atomic mass is 16.3. The molecule has 0 radical (unpaired) electrons. The standard InChI is InChI=1S/C13H23N3O3/c1-13(2,3)10(17)7-14-6-9-8-15(4)12(19)16(5)11(9)18/h8,10,14,17H,6-7H2,1-5H3. The van der Waals surface area contributed by atoms with Gasteiger partial charge in [0.2, 0.25) is 0 Å². The summed E-state index contributed by atoms with van der Waals surface area (Å²) in [6, 6.07) is 0. The Morgan fingerprint density at radius 2 is 1.89 bits per heavy atom. The number of aryl methyl sites for hydroxylation is 1. The average molecular weight is 269 g/mol. The van der Waals surface area contributed by atoms with E-state index in [2.05, 4.69) is 5.32 Å². The summed E-state index contributed by atoms with van der Waals surface area (Å²) in [5.74, 6) is 0. The number of hydrogen-bond acceptors (Lipinski definition) is 4. The number of rotatable bonds is 4. The normalized spacial score (nSPS) is 13.6. The van der Waals surface area contributed by atoms with E-state index in [9.17, 15) is 14.7 Å². The zero-order valence-corrected chi connectivity index (χ0v) is 12.2. The third kappa shape index (κ3) is 3.78. The molecule has 0 saturated carbocycles. The second kappa shape index (κ2) is 5.71. The Bertz CT molecular complexity index is 552. The van der Waals surface area contributed by atoms with Gasteiger partial charge in [-0.05, 0) is 5.41 Å². The minimum atomic E-state index is -0.496. The van der Waals surface area contributed by atoms with Crippen LogP contribution in [0.5, 0.6) is 0 Å². The lowest BCUT2D eigenvalue weighted by Crippen LogP contribution is -2.41. The Morgan fingerprint density at radius 3 is 2.42 bits per heavy atom. The summed E-state index contributed by atoms with van der Waals surface area (Å²) in [5.41, 5.74) is -0.350. The van der Waals surface area contributed by atoms with Crippen LogP contribution in [-0.2, 0) is 20.6 Å². The van der Waals surface area contributed by atoms with Crippen LogP contribution in [0.4, 0.5) is 0 Å². The highest BCUT2D eigenvalue weighted by molar-refractivity contribution is 5.05. The molecule has 6 nitrogen and oxygen atoms in total. The fourth-order valence-electron chi connectivity index (χ4n) is 1.65. The number of aromatic nitrogens is 2. The van der Waals surface area contributed by atoms with E-state index in [-0.39, 0.29) is 16.7 Å². The van der Waals surface area contributed by atoms with Gasteiger partial charge in [-0.25, -0.2) is 4.79 Å². The lowest BCUT2D eigenvalue weighted by molar-refractivity contribution is 0.0627. The molecule has 0 bridgehead atoms. The van der Waals surface area contributed by atoms with Crippen molar-refractivity contribution < 1.29 is 5.11 Å². The monoisotopic (exact) mass is 269 g/mol. The van der Waals surface area contributed by atoms with Crippen LogP contribution >= 0.6 is 0 Å². The molecule has 0 amide bonds. The largest absolute Gasteiger partial charge is 0.391 e. The van der Waals surface area contributed by atoms with E-state index >= 15 is 0 Å². The zero-order valence-electron chi connectivity index (χ0n) is 12.2. The van der Waals surface area contributed by atoms with Gasteiger partial charge in [0.25, 0.3) is 5.56 Å². The molecule has 1 atom stereocenters. The smallest absolute Gasteiger partial charge is 0.330 e. The molecule has 2 N–H and O–H groups in total. The molecule has 19 heavy (non-hydrogen) atoms. The average Bonchev–Trinajstić information content (AvgIpc) is 2.31. The van der Waals surface area contributed by atoms with Crippen molar-refractivity contribution in [3.8, 4) is 0 Å². The molecule has 0 aliphatic rings. The minimum Gasteiger partial charge on any atom is -0.391 e.